The van der Waals surface area contributed by atoms with Gasteiger partial charge in [0.25, 0.3) is 5.91 Å². The maximum atomic E-state index is 12.8. The molecule has 0 N–H and O–H groups in total. The van der Waals surface area contributed by atoms with Crippen molar-refractivity contribution in [1.82, 2.24) is 4.98 Å². The highest BCUT2D eigenvalue weighted by molar-refractivity contribution is 5.96. The summed E-state index contributed by atoms with van der Waals surface area (Å²) in [4.78, 5) is 18.6. The molecule has 0 radical (unpaired) electrons. The molecular formula is C18H20N2O3. The molecule has 3 rings (SSSR count). The van der Waals surface area contributed by atoms with Gasteiger partial charge in [-0.1, -0.05) is 12.1 Å². The van der Waals surface area contributed by atoms with E-state index in [2.05, 4.69) is 4.98 Å². The molecule has 1 atom stereocenters. The average Bonchev–Trinajstić information content (AvgIpc) is 3.15. The Labute approximate surface area is 135 Å². The van der Waals surface area contributed by atoms with E-state index in [9.17, 15) is 4.79 Å². The Morgan fingerprint density at radius 2 is 2.00 bits per heavy atom. The first kappa shape index (κ1) is 15.5. The Kier molecular flexibility index (Phi) is 4.88. The fourth-order valence-electron chi connectivity index (χ4n) is 2.68. The van der Waals surface area contributed by atoms with Gasteiger partial charge in [-0.3, -0.25) is 9.78 Å². The molecule has 2 aromatic rings. The van der Waals surface area contributed by atoms with Crippen LogP contribution in [0.1, 0.15) is 18.4 Å². The molecule has 5 heteroatoms. The minimum atomic E-state index is -0.346. The van der Waals surface area contributed by atoms with Gasteiger partial charge >= 0.3 is 0 Å². The molecule has 1 aliphatic heterocycles. The van der Waals surface area contributed by atoms with Crippen molar-refractivity contribution in [3.63, 3.8) is 0 Å². The number of methoxy groups -OCH3 is 1. The maximum absolute atomic E-state index is 12.8. The van der Waals surface area contributed by atoms with Crippen molar-refractivity contribution >= 4 is 11.6 Å². The average molecular weight is 312 g/mol. The van der Waals surface area contributed by atoms with Gasteiger partial charge in [0, 0.05) is 24.7 Å². The Morgan fingerprint density at radius 1 is 1.26 bits per heavy atom. The van der Waals surface area contributed by atoms with E-state index in [1.54, 1.807) is 24.4 Å². The summed E-state index contributed by atoms with van der Waals surface area (Å²) in [6.45, 7) is 1.15. The second-order valence-electron chi connectivity index (χ2n) is 5.48. The molecule has 23 heavy (non-hydrogen) atoms. The second-order valence-corrected chi connectivity index (χ2v) is 5.48. The van der Waals surface area contributed by atoms with Crippen LogP contribution in [0.3, 0.4) is 0 Å². The number of hydrogen-bond donors (Lipinski definition) is 0. The Morgan fingerprint density at radius 3 is 2.61 bits per heavy atom. The van der Waals surface area contributed by atoms with E-state index < -0.39 is 0 Å². The highest BCUT2D eigenvalue weighted by Gasteiger charge is 2.29. The van der Waals surface area contributed by atoms with Crippen molar-refractivity contribution in [1.29, 1.82) is 0 Å². The van der Waals surface area contributed by atoms with Gasteiger partial charge in [-0.2, -0.15) is 0 Å². The summed E-state index contributed by atoms with van der Waals surface area (Å²) in [7, 11) is 1.64. The number of anilines is 1. The third-order valence-electron chi connectivity index (χ3n) is 3.95. The van der Waals surface area contributed by atoms with E-state index in [0.717, 1.165) is 29.8 Å². The minimum absolute atomic E-state index is 0.00418. The van der Waals surface area contributed by atoms with Crippen LogP contribution in [0, 0.1) is 0 Å². The highest BCUT2D eigenvalue weighted by atomic mass is 16.5. The van der Waals surface area contributed by atoms with Gasteiger partial charge in [-0.15, -0.1) is 0 Å². The second kappa shape index (κ2) is 7.24. The summed E-state index contributed by atoms with van der Waals surface area (Å²) in [5.41, 5.74) is 1.87. The van der Waals surface area contributed by atoms with E-state index in [4.69, 9.17) is 9.47 Å². The van der Waals surface area contributed by atoms with Gasteiger partial charge in [0.1, 0.15) is 11.9 Å². The highest BCUT2D eigenvalue weighted by Crippen LogP contribution is 2.23. The number of nitrogens with zero attached hydrogens (tertiary/aromatic N) is 2. The molecule has 1 aromatic heterocycles. The van der Waals surface area contributed by atoms with E-state index in [1.165, 1.54) is 0 Å². The van der Waals surface area contributed by atoms with Gasteiger partial charge in [-0.05, 0) is 42.7 Å². The first-order valence-electron chi connectivity index (χ1n) is 7.74. The molecule has 5 nitrogen and oxygen atoms in total. The van der Waals surface area contributed by atoms with Gasteiger partial charge in [0.2, 0.25) is 0 Å². The van der Waals surface area contributed by atoms with E-state index >= 15 is 0 Å². The fourth-order valence-corrected chi connectivity index (χ4v) is 2.68. The Hall–Kier alpha value is -2.40. The first-order chi connectivity index (χ1) is 11.3. The Bertz CT molecular complexity index is 637. The quantitative estimate of drug-likeness (QED) is 0.852. The van der Waals surface area contributed by atoms with Crippen molar-refractivity contribution in [2.45, 2.75) is 25.5 Å². The smallest absolute Gasteiger partial charge is 0.256 e. The number of carbonyl (C=O) groups excluding carboxylic acids is 1. The number of ether oxygens (including phenoxy) is 2. The zero-order valence-corrected chi connectivity index (χ0v) is 13.1. The van der Waals surface area contributed by atoms with Crippen molar-refractivity contribution in [3.05, 3.63) is 54.4 Å². The number of pyridine rings is 1. The van der Waals surface area contributed by atoms with Gasteiger partial charge in [-0.25, -0.2) is 0 Å². The van der Waals surface area contributed by atoms with Gasteiger partial charge < -0.3 is 14.4 Å². The van der Waals surface area contributed by atoms with Crippen LogP contribution in [-0.2, 0) is 16.1 Å². The Balaban J connectivity index is 1.83. The molecular weight excluding hydrogens is 292 g/mol. The molecule has 120 valence electrons. The molecule has 0 aliphatic carbocycles. The number of rotatable bonds is 5. The van der Waals surface area contributed by atoms with Crippen LogP contribution < -0.4 is 9.64 Å². The van der Waals surface area contributed by atoms with Crippen LogP contribution in [0.25, 0.3) is 0 Å². The van der Waals surface area contributed by atoms with Crippen LogP contribution in [0.4, 0.5) is 5.69 Å². The van der Waals surface area contributed by atoms with Crippen LogP contribution >= 0.6 is 0 Å². The first-order valence-corrected chi connectivity index (χ1v) is 7.74. The zero-order valence-electron chi connectivity index (χ0n) is 13.1. The van der Waals surface area contributed by atoms with Gasteiger partial charge in [0.05, 0.1) is 13.7 Å². The standard InChI is InChI=1S/C18H20N2O3/c1-22-16-6-4-14(5-7-16)13-20(15-8-10-19-11-9-15)18(21)17-3-2-12-23-17/h4-11,17H,2-3,12-13H2,1H3. The third kappa shape index (κ3) is 3.68. The molecule has 1 amide bonds. The molecule has 1 unspecified atom stereocenters. The van der Waals surface area contributed by atoms with Crippen molar-refractivity contribution in [3.8, 4) is 5.75 Å². The van der Waals surface area contributed by atoms with Crippen molar-refractivity contribution < 1.29 is 14.3 Å². The summed E-state index contributed by atoms with van der Waals surface area (Å²) in [6.07, 6.45) is 4.76. The van der Waals surface area contributed by atoms with Crippen molar-refractivity contribution in [2.75, 3.05) is 18.6 Å². The largest absolute Gasteiger partial charge is 0.497 e. The van der Waals surface area contributed by atoms with E-state index in [1.807, 2.05) is 36.4 Å². The number of benzene rings is 1. The molecule has 0 spiro atoms. The maximum Gasteiger partial charge on any atom is 0.256 e. The summed E-state index contributed by atoms with van der Waals surface area (Å²) >= 11 is 0. The topological polar surface area (TPSA) is 51.7 Å². The number of amides is 1. The summed E-state index contributed by atoms with van der Waals surface area (Å²) in [5.74, 6) is 0.805. The van der Waals surface area contributed by atoms with Crippen molar-refractivity contribution in [2.24, 2.45) is 0 Å². The predicted molar refractivity (Wildman–Crippen MR) is 87.4 cm³/mol. The normalized spacial score (nSPS) is 17.0. The van der Waals surface area contributed by atoms with Crippen LogP contribution in [0.2, 0.25) is 0 Å². The lowest BCUT2D eigenvalue weighted by Crippen LogP contribution is -2.38. The number of aromatic nitrogens is 1. The van der Waals surface area contributed by atoms with E-state index in [0.29, 0.717) is 13.2 Å². The number of carbonyl (C=O) groups is 1. The molecule has 1 saturated heterocycles. The molecule has 1 aliphatic rings. The summed E-state index contributed by atoms with van der Waals surface area (Å²) < 4.78 is 10.7. The summed E-state index contributed by atoms with van der Waals surface area (Å²) in [6, 6.07) is 11.4. The molecule has 1 aromatic carbocycles. The zero-order chi connectivity index (χ0) is 16.1. The van der Waals surface area contributed by atoms with Gasteiger partial charge in [0.15, 0.2) is 0 Å². The lowest BCUT2D eigenvalue weighted by Gasteiger charge is -2.25. The lowest BCUT2D eigenvalue weighted by molar-refractivity contribution is -0.127. The van der Waals surface area contributed by atoms with E-state index in [-0.39, 0.29) is 12.0 Å². The van der Waals surface area contributed by atoms with Crippen LogP contribution in [0.15, 0.2) is 48.8 Å². The monoisotopic (exact) mass is 312 g/mol. The third-order valence-corrected chi connectivity index (χ3v) is 3.95. The fraction of sp³-hybridized carbons (Fsp3) is 0.333. The van der Waals surface area contributed by atoms with Crippen LogP contribution in [-0.4, -0.2) is 30.7 Å². The molecule has 1 fully saturated rings. The molecule has 0 saturated carbocycles. The molecule has 2 heterocycles. The van der Waals surface area contributed by atoms with Crippen LogP contribution in [0.5, 0.6) is 5.75 Å². The predicted octanol–water partition coefficient (Wildman–Crippen LogP) is 2.80. The number of hydrogen-bond acceptors (Lipinski definition) is 4. The minimum Gasteiger partial charge on any atom is -0.497 e. The summed E-state index contributed by atoms with van der Waals surface area (Å²) in [5, 5.41) is 0. The lowest BCUT2D eigenvalue weighted by atomic mass is 10.1. The SMILES string of the molecule is COc1ccc(CN(C(=O)C2CCCO2)c2ccncc2)cc1. The molecule has 0 bridgehead atoms.